The number of nitrogens with zero attached hydrogens (tertiary/aromatic N) is 4. The lowest BCUT2D eigenvalue weighted by atomic mass is 9.88. The molecule has 2 heterocycles. The first-order valence-electron chi connectivity index (χ1n) is 6.59. The van der Waals surface area contributed by atoms with Crippen molar-refractivity contribution >= 4 is 23.3 Å². The Morgan fingerprint density at radius 2 is 2.32 bits per heavy atom. The van der Waals surface area contributed by atoms with Crippen LogP contribution in [0.5, 0.6) is 0 Å². The second kappa shape index (κ2) is 4.92. The molecule has 0 saturated heterocycles. The third kappa shape index (κ3) is 2.25. The van der Waals surface area contributed by atoms with Crippen LogP contribution in [0.15, 0.2) is 11.4 Å². The Morgan fingerprint density at radius 3 is 3.11 bits per heavy atom. The molecule has 0 fully saturated rings. The number of hydrogen-bond donors (Lipinski definition) is 0. The van der Waals surface area contributed by atoms with Gasteiger partial charge in [-0.25, -0.2) is 4.98 Å². The average Bonchev–Trinajstić information content (AvgIpc) is 2.79. The van der Waals surface area contributed by atoms with E-state index in [2.05, 4.69) is 28.9 Å². The first kappa shape index (κ1) is 12.6. The number of carbonyl (C=O) groups excluding carboxylic acids is 1. The highest BCUT2D eigenvalue weighted by molar-refractivity contribution is 7.99. The minimum atomic E-state index is 0.168. The lowest BCUT2D eigenvalue weighted by Crippen LogP contribution is -2.21. The van der Waals surface area contributed by atoms with Gasteiger partial charge in [0.2, 0.25) is 5.16 Å². The fourth-order valence-corrected chi connectivity index (χ4v) is 3.05. The molecular weight excluding hydrogens is 260 g/mol. The summed E-state index contributed by atoms with van der Waals surface area (Å²) >= 11 is 1.63. The molecule has 1 atom stereocenters. The molecule has 0 radical (unpaired) electrons. The van der Waals surface area contributed by atoms with Crippen molar-refractivity contribution < 1.29 is 4.79 Å². The van der Waals surface area contributed by atoms with Crippen LogP contribution in [0.4, 0.5) is 0 Å². The molecule has 0 amide bonds. The molecule has 0 aromatic carbocycles. The van der Waals surface area contributed by atoms with Gasteiger partial charge in [-0.1, -0.05) is 25.6 Å². The predicted octanol–water partition coefficient (Wildman–Crippen LogP) is 2.39. The zero-order chi connectivity index (χ0) is 13.4. The molecule has 1 unspecified atom stereocenters. The van der Waals surface area contributed by atoms with Gasteiger partial charge in [-0.2, -0.15) is 9.50 Å². The first-order chi connectivity index (χ1) is 9.19. The van der Waals surface area contributed by atoms with Crippen LogP contribution in [0.25, 0.3) is 5.78 Å². The fraction of sp³-hybridized carbons (Fsp3) is 0.538. The summed E-state index contributed by atoms with van der Waals surface area (Å²) in [4.78, 5) is 20.7. The van der Waals surface area contributed by atoms with Gasteiger partial charge in [0.1, 0.15) is 0 Å². The van der Waals surface area contributed by atoms with E-state index in [1.807, 2.05) is 0 Å². The molecule has 1 aliphatic rings. The van der Waals surface area contributed by atoms with Crippen molar-refractivity contribution in [2.45, 2.75) is 38.3 Å². The Labute approximate surface area is 115 Å². The molecule has 1 aliphatic carbocycles. The molecular formula is C13H16N4OS. The van der Waals surface area contributed by atoms with E-state index in [1.165, 1.54) is 0 Å². The van der Waals surface area contributed by atoms with E-state index >= 15 is 0 Å². The van der Waals surface area contributed by atoms with Gasteiger partial charge in [0.15, 0.2) is 5.78 Å². The van der Waals surface area contributed by atoms with Gasteiger partial charge in [0.25, 0.3) is 5.78 Å². The Kier molecular flexibility index (Phi) is 3.26. The van der Waals surface area contributed by atoms with Crippen LogP contribution in [0.1, 0.15) is 42.7 Å². The molecule has 3 rings (SSSR count). The van der Waals surface area contributed by atoms with Gasteiger partial charge in [-0.05, 0) is 18.8 Å². The largest absolute Gasteiger partial charge is 0.294 e. The van der Waals surface area contributed by atoms with Crippen LogP contribution >= 0.6 is 11.8 Å². The summed E-state index contributed by atoms with van der Waals surface area (Å²) in [5, 5.41) is 5.23. The lowest BCUT2D eigenvalue weighted by molar-refractivity contribution is 0.0951. The highest BCUT2D eigenvalue weighted by Crippen LogP contribution is 2.25. The summed E-state index contributed by atoms with van der Waals surface area (Å²) in [5.74, 6) is 2.12. The van der Waals surface area contributed by atoms with Gasteiger partial charge in [0, 0.05) is 18.4 Å². The second-order valence-corrected chi connectivity index (χ2v) is 6.07. The number of carbonyl (C=O) groups is 1. The van der Waals surface area contributed by atoms with Gasteiger partial charge < -0.3 is 0 Å². The van der Waals surface area contributed by atoms with Crippen LogP contribution in [0.3, 0.4) is 0 Å². The maximum Gasteiger partial charge on any atom is 0.253 e. The van der Waals surface area contributed by atoms with Crippen molar-refractivity contribution in [2.75, 3.05) is 5.75 Å². The summed E-state index contributed by atoms with van der Waals surface area (Å²) < 4.78 is 1.75. The molecule has 0 N–H and O–H groups in total. The summed E-state index contributed by atoms with van der Waals surface area (Å²) in [5.41, 5.74) is 1.67. The Bertz CT molecular complexity index is 637. The molecule has 2 aromatic rings. The number of thioether (sulfide) groups is 1. The summed E-state index contributed by atoms with van der Waals surface area (Å²) in [7, 11) is 0. The lowest BCUT2D eigenvalue weighted by Gasteiger charge is -2.19. The van der Waals surface area contributed by atoms with E-state index in [4.69, 9.17) is 0 Å². The number of hydrogen-bond acceptors (Lipinski definition) is 5. The number of rotatable bonds is 3. The maximum absolute atomic E-state index is 12.0. The normalized spacial score (nSPS) is 18.8. The fourth-order valence-electron chi connectivity index (χ4n) is 2.37. The molecule has 2 aromatic heterocycles. The van der Waals surface area contributed by atoms with Gasteiger partial charge in [-0.3, -0.25) is 4.79 Å². The maximum atomic E-state index is 12.0. The summed E-state index contributed by atoms with van der Waals surface area (Å²) in [6.45, 7) is 4.22. The van der Waals surface area contributed by atoms with Gasteiger partial charge >= 0.3 is 0 Å². The molecule has 100 valence electrons. The minimum Gasteiger partial charge on any atom is -0.294 e. The third-order valence-electron chi connectivity index (χ3n) is 3.26. The van der Waals surface area contributed by atoms with E-state index in [-0.39, 0.29) is 5.78 Å². The van der Waals surface area contributed by atoms with E-state index in [0.717, 1.165) is 29.4 Å². The van der Waals surface area contributed by atoms with E-state index in [1.54, 1.807) is 22.5 Å². The van der Waals surface area contributed by atoms with Crippen molar-refractivity contribution in [1.82, 2.24) is 19.6 Å². The molecule has 19 heavy (non-hydrogen) atoms. The predicted molar refractivity (Wildman–Crippen MR) is 73.6 cm³/mol. The second-order valence-electron chi connectivity index (χ2n) is 5.01. The molecule has 0 spiro atoms. The monoisotopic (exact) mass is 276 g/mol. The van der Waals surface area contributed by atoms with E-state index in [0.29, 0.717) is 23.7 Å². The zero-order valence-electron chi connectivity index (χ0n) is 11.1. The third-order valence-corrected chi connectivity index (χ3v) is 4.30. The Morgan fingerprint density at radius 1 is 1.47 bits per heavy atom. The topological polar surface area (TPSA) is 60.1 Å². The SMILES string of the molecule is CCCSc1nc2ncc3c(n2n1)CC(C)CC3=O. The van der Waals surface area contributed by atoms with Crippen molar-refractivity contribution in [1.29, 1.82) is 0 Å². The average molecular weight is 276 g/mol. The van der Waals surface area contributed by atoms with Crippen molar-refractivity contribution in [2.24, 2.45) is 5.92 Å². The zero-order valence-corrected chi connectivity index (χ0v) is 11.9. The molecule has 5 nitrogen and oxygen atoms in total. The van der Waals surface area contributed by atoms with E-state index in [9.17, 15) is 4.79 Å². The van der Waals surface area contributed by atoms with Crippen LogP contribution in [0.2, 0.25) is 0 Å². The van der Waals surface area contributed by atoms with E-state index < -0.39 is 0 Å². The minimum absolute atomic E-state index is 0.168. The highest BCUT2D eigenvalue weighted by Gasteiger charge is 2.26. The molecule has 0 aliphatic heterocycles. The van der Waals surface area contributed by atoms with Crippen LogP contribution < -0.4 is 0 Å². The standard InChI is InChI=1S/C13H16N4OS/c1-3-4-19-13-15-12-14-7-9-10(17(12)16-13)5-8(2)6-11(9)18/h7-8H,3-6H2,1-2H3. The quantitative estimate of drug-likeness (QED) is 0.806. The van der Waals surface area contributed by atoms with Crippen molar-refractivity contribution in [3.05, 3.63) is 17.5 Å². The van der Waals surface area contributed by atoms with Crippen LogP contribution in [-0.2, 0) is 6.42 Å². The molecule has 0 saturated carbocycles. The number of fused-ring (bicyclic) bond motifs is 3. The number of ketones is 1. The first-order valence-corrected chi connectivity index (χ1v) is 7.58. The summed E-state index contributed by atoms with van der Waals surface area (Å²) in [6.07, 6.45) is 4.21. The molecule has 0 bridgehead atoms. The summed E-state index contributed by atoms with van der Waals surface area (Å²) in [6, 6.07) is 0. The van der Waals surface area contributed by atoms with Gasteiger partial charge in [-0.15, -0.1) is 5.10 Å². The Balaban J connectivity index is 2.08. The van der Waals surface area contributed by atoms with Crippen molar-refractivity contribution in [3.8, 4) is 0 Å². The number of Topliss-reactive ketones (excluding diaryl/α,β-unsaturated/α-hetero) is 1. The smallest absolute Gasteiger partial charge is 0.253 e. The highest BCUT2D eigenvalue weighted by atomic mass is 32.2. The van der Waals surface area contributed by atoms with Crippen LogP contribution in [-0.4, -0.2) is 31.1 Å². The van der Waals surface area contributed by atoms with Crippen LogP contribution in [0, 0.1) is 5.92 Å². The Hall–Kier alpha value is -1.43. The van der Waals surface area contributed by atoms with Crippen molar-refractivity contribution in [3.63, 3.8) is 0 Å². The van der Waals surface area contributed by atoms with Gasteiger partial charge in [0.05, 0.1) is 11.3 Å². The molecule has 6 heteroatoms. The number of aromatic nitrogens is 4.